The molecule has 0 aliphatic heterocycles. The van der Waals surface area contributed by atoms with Crippen LogP contribution in [0.1, 0.15) is 0 Å². The molecule has 0 heterocycles. The molecule has 0 aliphatic rings. The van der Waals surface area contributed by atoms with E-state index < -0.39 is 0 Å². The van der Waals surface area contributed by atoms with E-state index >= 15 is 0 Å². The van der Waals surface area contributed by atoms with E-state index in [0.717, 1.165) is 4.47 Å². The fourth-order valence-corrected chi connectivity index (χ4v) is 1.55. The second kappa shape index (κ2) is 5.72. The molecule has 5 heteroatoms. The van der Waals surface area contributed by atoms with Crippen molar-refractivity contribution < 1.29 is 14.3 Å². The Morgan fingerprint density at radius 3 is 2.73 bits per heavy atom. The zero-order valence-corrected chi connectivity index (χ0v) is 10.1. The molecule has 1 N–H and O–H groups in total. The van der Waals surface area contributed by atoms with E-state index in [9.17, 15) is 4.79 Å². The first-order valence-corrected chi connectivity index (χ1v) is 5.08. The third-order valence-electron chi connectivity index (χ3n) is 1.67. The second-order valence-electron chi connectivity index (χ2n) is 2.86. The van der Waals surface area contributed by atoms with Crippen LogP contribution in [0, 0.1) is 0 Å². The quantitative estimate of drug-likeness (QED) is 0.914. The summed E-state index contributed by atoms with van der Waals surface area (Å²) in [7, 11) is 3.05. The molecule has 0 radical (unpaired) electrons. The summed E-state index contributed by atoms with van der Waals surface area (Å²) >= 11 is 3.32. The van der Waals surface area contributed by atoms with Crippen LogP contribution >= 0.6 is 15.9 Å². The summed E-state index contributed by atoms with van der Waals surface area (Å²) in [5, 5.41) is 2.68. The summed E-state index contributed by atoms with van der Waals surface area (Å²) < 4.78 is 10.6. The summed E-state index contributed by atoms with van der Waals surface area (Å²) in [5.41, 5.74) is 0.670. The molecule has 0 spiro atoms. The molecule has 0 bridgehead atoms. The van der Waals surface area contributed by atoms with Gasteiger partial charge in [0.05, 0.1) is 7.11 Å². The monoisotopic (exact) mass is 273 g/mol. The van der Waals surface area contributed by atoms with E-state index in [2.05, 4.69) is 21.2 Å². The van der Waals surface area contributed by atoms with Crippen molar-refractivity contribution in [2.75, 3.05) is 26.1 Å². The molecule has 15 heavy (non-hydrogen) atoms. The standard InChI is InChI=1S/C10H12BrNO3/c1-14-6-10(13)12-8-3-7(11)4-9(5-8)15-2/h3-5H,6H2,1-2H3,(H,12,13). The lowest BCUT2D eigenvalue weighted by atomic mass is 10.3. The lowest BCUT2D eigenvalue weighted by Gasteiger charge is -2.07. The van der Waals surface area contributed by atoms with Crippen LogP contribution in [-0.2, 0) is 9.53 Å². The van der Waals surface area contributed by atoms with Crippen LogP contribution in [0.5, 0.6) is 5.75 Å². The van der Waals surface area contributed by atoms with Gasteiger partial charge in [0.25, 0.3) is 0 Å². The van der Waals surface area contributed by atoms with Crippen LogP contribution in [0.15, 0.2) is 22.7 Å². The summed E-state index contributed by atoms with van der Waals surface area (Å²) in [5.74, 6) is 0.481. The van der Waals surface area contributed by atoms with Crippen molar-refractivity contribution in [3.63, 3.8) is 0 Å². The van der Waals surface area contributed by atoms with Gasteiger partial charge in [-0.3, -0.25) is 4.79 Å². The van der Waals surface area contributed by atoms with Crippen molar-refractivity contribution in [3.05, 3.63) is 22.7 Å². The van der Waals surface area contributed by atoms with Gasteiger partial charge in [0, 0.05) is 23.3 Å². The third-order valence-corrected chi connectivity index (χ3v) is 2.12. The lowest BCUT2D eigenvalue weighted by Crippen LogP contribution is -2.17. The van der Waals surface area contributed by atoms with Crippen molar-refractivity contribution in [2.45, 2.75) is 0 Å². The molecule has 0 aliphatic carbocycles. The average molecular weight is 274 g/mol. The summed E-state index contributed by atoms with van der Waals surface area (Å²) in [6.45, 7) is 0.0365. The molecule has 0 aromatic heterocycles. The Bertz CT molecular complexity index is 355. The Kier molecular flexibility index (Phi) is 4.58. The van der Waals surface area contributed by atoms with Crippen LogP contribution < -0.4 is 10.1 Å². The topological polar surface area (TPSA) is 47.6 Å². The van der Waals surface area contributed by atoms with Gasteiger partial charge in [-0.25, -0.2) is 0 Å². The van der Waals surface area contributed by atoms with Gasteiger partial charge in [-0.2, -0.15) is 0 Å². The fraction of sp³-hybridized carbons (Fsp3) is 0.300. The minimum atomic E-state index is -0.197. The number of benzene rings is 1. The molecule has 82 valence electrons. The first-order chi connectivity index (χ1) is 7.15. The van der Waals surface area contributed by atoms with Crippen molar-refractivity contribution in [2.24, 2.45) is 0 Å². The van der Waals surface area contributed by atoms with Gasteiger partial charge in [-0.15, -0.1) is 0 Å². The molecule has 0 saturated carbocycles. The number of carbonyl (C=O) groups is 1. The van der Waals surface area contributed by atoms with Gasteiger partial charge in [-0.05, 0) is 12.1 Å². The van der Waals surface area contributed by atoms with Crippen LogP contribution in [0.4, 0.5) is 5.69 Å². The van der Waals surface area contributed by atoms with E-state index in [-0.39, 0.29) is 12.5 Å². The number of nitrogens with one attached hydrogen (secondary N) is 1. The van der Waals surface area contributed by atoms with E-state index in [1.807, 2.05) is 6.07 Å². The van der Waals surface area contributed by atoms with Crippen LogP contribution in [-0.4, -0.2) is 26.7 Å². The Labute approximate surface area is 96.7 Å². The van der Waals surface area contributed by atoms with Gasteiger partial charge in [-0.1, -0.05) is 15.9 Å². The molecular formula is C10H12BrNO3. The van der Waals surface area contributed by atoms with Crippen molar-refractivity contribution in [1.82, 2.24) is 0 Å². The largest absolute Gasteiger partial charge is 0.497 e. The number of halogens is 1. The van der Waals surface area contributed by atoms with E-state index in [1.54, 1.807) is 19.2 Å². The van der Waals surface area contributed by atoms with Gasteiger partial charge >= 0.3 is 0 Å². The van der Waals surface area contributed by atoms with Gasteiger partial charge in [0.15, 0.2) is 0 Å². The maximum absolute atomic E-state index is 11.2. The highest BCUT2D eigenvalue weighted by molar-refractivity contribution is 9.10. The Balaban J connectivity index is 2.76. The van der Waals surface area contributed by atoms with E-state index in [4.69, 9.17) is 9.47 Å². The maximum atomic E-state index is 11.2. The smallest absolute Gasteiger partial charge is 0.250 e. The Morgan fingerprint density at radius 2 is 2.13 bits per heavy atom. The van der Waals surface area contributed by atoms with Crippen LogP contribution in [0.25, 0.3) is 0 Å². The minimum absolute atomic E-state index is 0.0365. The summed E-state index contributed by atoms with van der Waals surface area (Å²) in [4.78, 5) is 11.2. The number of hydrogen-bond acceptors (Lipinski definition) is 3. The molecular weight excluding hydrogens is 262 g/mol. The second-order valence-corrected chi connectivity index (χ2v) is 3.78. The molecule has 1 rings (SSSR count). The highest BCUT2D eigenvalue weighted by Gasteiger charge is 2.03. The Morgan fingerprint density at radius 1 is 1.40 bits per heavy atom. The lowest BCUT2D eigenvalue weighted by molar-refractivity contribution is -0.119. The fourth-order valence-electron chi connectivity index (χ4n) is 1.08. The van der Waals surface area contributed by atoms with E-state index in [0.29, 0.717) is 11.4 Å². The molecule has 0 atom stereocenters. The first-order valence-electron chi connectivity index (χ1n) is 4.29. The van der Waals surface area contributed by atoms with Crippen molar-refractivity contribution in [1.29, 1.82) is 0 Å². The third kappa shape index (κ3) is 3.89. The van der Waals surface area contributed by atoms with Gasteiger partial charge in [0.1, 0.15) is 12.4 Å². The van der Waals surface area contributed by atoms with Crippen LogP contribution in [0.2, 0.25) is 0 Å². The molecule has 1 aromatic carbocycles. The summed E-state index contributed by atoms with van der Waals surface area (Å²) in [6.07, 6.45) is 0. The number of hydrogen-bond donors (Lipinski definition) is 1. The summed E-state index contributed by atoms with van der Waals surface area (Å²) in [6, 6.07) is 5.33. The zero-order valence-electron chi connectivity index (χ0n) is 8.54. The number of amides is 1. The number of methoxy groups -OCH3 is 2. The first kappa shape index (κ1) is 12.0. The molecule has 1 aromatic rings. The van der Waals surface area contributed by atoms with Crippen LogP contribution in [0.3, 0.4) is 0 Å². The SMILES string of the molecule is COCC(=O)Nc1cc(Br)cc(OC)c1. The van der Waals surface area contributed by atoms with Crippen molar-refractivity contribution in [3.8, 4) is 5.75 Å². The van der Waals surface area contributed by atoms with E-state index in [1.165, 1.54) is 7.11 Å². The molecule has 0 saturated heterocycles. The molecule has 0 unspecified atom stereocenters. The number of anilines is 1. The number of rotatable bonds is 4. The average Bonchev–Trinajstić information content (AvgIpc) is 2.17. The number of ether oxygens (including phenoxy) is 2. The maximum Gasteiger partial charge on any atom is 0.250 e. The number of carbonyl (C=O) groups excluding carboxylic acids is 1. The molecule has 4 nitrogen and oxygen atoms in total. The molecule has 0 fully saturated rings. The predicted octanol–water partition coefficient (Wildman–Crippen LogP) is 2.04. The van der Waals surface area contributed by atoms with Gasteiger partial charge in [0.2, 0.25) is 5.91 Å². The van der Waals surface area contributed by atoms with Gasteiger partial charge < -0.3 is 14.8 Å². The Hall–Kier alpha value is -1.07. The minimum Gasteiger partial charge on any atom is -0.497 e. The normalized spacial score (nSPS) is 9.80. The highest BCUT2D eigenvalue weighted by Crippen LogP contribution is 2.24. The zero-order chi connectivity index (χ0) is 11.3. The highest BCUT2D eigenvalue weighted by atomic mass is 79.9. The predicted molar refractivity (Wildman–Crippen MR) is 61.2 cm³/mol. The van der Waals surface area contributed by atoms with Crippen molar-refractivity contribution >= 4 is 27.5 Å². The molecule has 1 amide bonds.